The highest BCUT2D eigenvalue weighted by atomic mass is 16.5. The third-order valence-electron chi connectivity index (χ3n) is 3.76. The van der Waals surface area contributed by atoms with Crippen LogP contribution in [0.25, 0.3) is 0 Å². The first kappa shape index (κ1) is 18.2. The van der Waals surface area contributed by atoms with Crippen molar-refractivity contribution in [1.82, 2.24) is 0 Å². The molecular weight excluding hydrogens is 298 g/mol. The highest BCUT2D eigenvalue weighted by Gasteiger charge is 1.98. The van der Waals surface area contributed by atoms with E-state index in [9.17, 15) is 0 Å². The highest BCUT2D eigenvalue weighted by Crippen LogP contribution is 2.18. The largest absolute Gasteiger partial charge is 0.494 e. The first-order chi connectivity index (χ1) is 11.8. The molecule has 0 aromatic heterocycles. The van der Waals surface area contributed by atoms with Gasteiger partial charge in [0.05, 0.1) is 13.2 Å². The second-order valence-electron chi connectivity index (χ2n) is 5.93. The zero-order chi connectivity index (χ0) is 17.0. The van der Waals surface area contributed by atoms with Crippen molar-refractivity contribution in [2.45, 2.75) is 46.1 Å². The molecule has 3 heteroatoms. The summed E-state index contributed by atoms with van der Waals surface area (Å²) in [4.78, 5) is 0. The SMILES string of the molecule is CCCCCOc1ccc(CNc2ccc(OCCC)cc2)cc1. The van der Waals surface area contributed by atoms with Gasteiger partial charge < -0.3 is 14.8 Å². The number of benzene rings is 2. The Bertz CT molecular complexity index is 563. The summed E-state index contributed by atoms with van der Waals surface area (Å²) >= 11 is 0. The molecule has 0 heterocycles. The average molecular weight is 327 g/mol. The lowest BCUT2D eigenvalue weighted by atomic mass is 10.2. The molecule has 130 valence electrons. The highest BCUT2D eigenvalue weighted by molar-refractivity contribution is 5.47. The topological polar surface area (TPSA) is 30.5 Å². The molecular formula is C21H29NO2. The van der Waals surface area contributed by atoms with Crippen molar-refractivity contribution in [2.75, 3.05) is 18.5 Å². The van der Waals surface area contributed by atoms with Gasteiger partial charge in [0.2, 0.25) is 0 Å². The Balaban J connectivity index is 1.75. The van der Waals surface area contributed by atoms with E-state index in [-0.39, 0.29) is 0 Å². The van der Waals surface area contributed by atoms with Crippen molar-refractivity contribution < 1.29 is 9.47 Å². The molecule has 0 fully saturated rings. The van der Waals surface area contributed by atoms with Gasteiger partial charge in [0.25, 0.3) is 0 Å². The number of hydrogen-bond donors (Lipinski definition) is 1. The quantitative estimate of drug-likeness (QED) is 0.540. The summed E-state index contributed by atoms with van der Waals surface area (Å²) in [5.41, 5.74) is 2.33. The Morgan fingerprint density at radius 3 is 1.96 bits per heavy atom. The number of unbranched alkanes of at least 4 members (excludes halogenated alkanes) is 2. The molecule has 2 rings (SSSR count). The lowest BCUT2D eigenvalue weighted by molar-refractivity contribution is 0.306. The molecule has 0 saturated carbocycles. The van der Waals surface area contributed by atoms with Crippen LogP contribution >= 0.6 is 0 Å². The van der Waals surface area contributed by atoms with Crippen LogP contribution in [-0.4, -0.2) is 13.2 Å². The van der Waals surface area contributed by atoms with Crippen LogP contribution < -0.4 is 14.8 Å². The Morgan fingerprint density at radius 1 is 0.708 bits per heavy atom. The predicted octanol–water partition coefficient (Wildman–Crippen LogP) is 5.66. The molecule has 0 aliphatic rings. The lowest BCUT2D eigenvalue weighted by Crippen LogP contribution is -2.01. The van der Waals surface area contributed by atoms with Gasteiger partial charge in [0.15, 0.2) is 0 Å². The second kappa shape index (κ2) is 10.6. The van der Waals surface area contributed by atoms with Crippen LogP contribution in [0.2, 0.25) is 0 Å². The monoisotopic (exact) mass is 327 g/mol. The second-order valence-corrected chi connectivity index (χ2v) is 5.93. The van der Waals surface area contributed by atoms with Crippen LogP contribution in [0.4, 0.5) is 5.69 Å². The fourth-order valence-corrected chi connectivity index (χ4v) is 2.34. The summed E-state index contributed by atoms with van der Waals surface area (Å²) in [7, 11) is 0. The average Bonchev–Trinajstić information content (AvgIpc) is 2.64. The van der Waals surface area contributed by atoms with E-state index in [4.69, 9.17) is 9.47 Å². The van der Waals surface area contributed by atoms with Crippen molar-refractivity contribution in [3.8, 4) is 11.5 Å². The molecule has 2 aromatic rings. The van der Waals surface area contributed by atoms with Gasteiger partial charge in [-0.15, -0.1) is 0 Å². The molecule has 0 aliphatic heterocycles. The van der Waals surface area contributed by atoms with Crippen molar-refractivity contribution in [2.24, 2.45) is 0 Å². The number of ether oxygens (including phenoxy) is 2. The molecule has 3 nitrogen and oxygen atoms in total. The van der Waals surface area contributed by atoms with Crippen molar-refractivity contribution >= 4 is 5.69 Å². The molecule has 1 N–H and O–H groups in total. The fourth-order valence-electron chi connectivity index (χ4n) is 2.34. The van der Waals surface area contributed by atoms with E-state index in [0.717, 1.165) is 49.8 Å². The molecule has 2 aromatic carbocycles. The molecule has 0 spiro atoms. The minimum atomic E-state index is 0.764. The maximum Gasteiger partial charge on any atom is 0.119 e. The van der Waals surface area contributed by atoms with E-state index in [1.165, 1.54) is 18.4 Å². The molecule has 0 unspecified atom stereocenters. The Labute approximate surface area is 146 Å². The predicted molar refractivity (Wildman–Crippen MR) is 101 cm³/mol. The zero-order valence-corrected chi connectivity index (χ0v) is 14.9. The van der Waals surface area contributed by atoms with Crippen LogP contribution in [0.15, 0.2) is 48.5 Å². The Morgan fingerprint density at radius 2 is 1.33 bits per heavy atom. The van der Waals surface area contributed by atoms with Crippen molar-refractivity contribution in [3.63, 3.8) is 0 Å². The van der Waals surface area contributed by atoms with E-state index in [1.807, 2.05) is 24.3 Å². The van der Waals surface area contributed by atoms with E-state index in [2.05, 4.69) is 43.4 Å². The van der Waals surface area contributed by atoms with Crippen LogP contribution in [0.3, 0.4) is 0 Å². The molecule has 0 saturated heterocycles. The van der Waals surface area contributed by atoms with Crippen molar-refractivity contribution in [1.29, 1.82) is 0 Å². The molecule has 0 atom stereocenters. The Kier molecular flexibility index (Phi) is 8.02. The molecule has 0 bridgehead atoms. The molecule has 0 amide bonds. The van der Waals surface area contributed by atoms with E-state index < -0.39 is 0 Å². The summed E-state index contributed by atoms with van der Waals surface area (Å²) in [5, 5.41) is 3.43. The summed E-state index contributed by atoms with van der Waals surface area (Å²) in [6, 6.07) is 16.4. The number of rotatable bonds is 11. The first-order valence-corrected chi connectivity index (χ1v) is 9.00. The summed E-state index contributed by atoms with van der Waals surface area (Å²) in [6.45, 7) is 6.67. The smallest absolute Gasteiger partial charge is 0.119 e. The van der Waals surface area contributed by atoms with Gasteiger partial charge in [-0.25, -0.2) is 0 Å². The van der Waals surface area contributed by atoms with E-state index >= 15 is 0 Å². The Hall–Kier alpha value is -2.16. The first-order valence-electron chi connectivity index (χ1n) is 9.00. The van der Waals surface area contributed by atoms with Gasteiger partial charge in [-0.05, 0) is 54.8 Å². The van der Waals surface area contributed by atoms with E-state index in [0.29, 0.717) is 0 Å². The van der Waals surface area contributed by atoms with Crippen LogP contribution in [0.5, 0.6) is 11.5 Å². The van der Waals surface area contributed by atoms with Crippen LogP contribution in [0.1, 0.15) is 45.1 Å². The van der Waals surface area contributed by atoms with Gasteiger partial charge in [0.1, 0.15) is 11.5 Å². The number of hydrogen-bond acceptors (Lipinski definition) is 3. The lowest BCUT2D eigenvalue weighted by Gasteiger charge is -2.10. The molecule has 0 radical (unpaired) electrons. The van der Waals surface area contributed by atoms with Crippen LogP contribution in [0, 0.1) is 0 Å². The molecule has 0 aliphatic carbocycles. The summed E-state index contributed by atoms with van der Waals surface area (Å²) < 4.78 is 11.3. The van der Waals surface area contributed by atoms with Gasteiger partial charge in [-0.1, -0.05) is 38.8 Å². The standard InChI is InChI=1S/C21H29NO2/c1-3-5-6-16-24-20-11-7-18(8-12-20)17-22-19-9-13-21(14-10-19)23-15-4-2/h7-14,22H,3-6,15-17H2,1-2H3. The third kappa shape index (κ3) is 6.53. The molecule has 24 heavy (non-hydrogen) atoms. The maximum atomic E-state index is 5.74. The maximum absolute atomic E-state index is 5.74. The number of nitrogens with one attached hydrogen (secondary N) is 1. The normalized spacial score (nSPS) is 10.4. The minimum absolute atomic E-state index is 0.764. The fraction of sp³-hybridized carbons (Fsp3) is 0.429. The van der Waals surface area contributed by atoms with Crippen LogP contribution in [-0.2, 0) is 6.54 Å². The third-order valence-corrected chi connectivity index (χ3v) is 3.76. The van der Waals surface area contributed by atoms with Crippen molar-refractivity contribution in [3.05, 3.63) is 54.1 Å². The minimum Gasteiger partial charge on any atom is -0.494 e. The van der Waals surface area contributed by atoms with Gasteiger partial charge in [0, 0.05) is 12.2 Å². The van der Waals surface area contributed by atoms with Gasteiger partial charge >= 0.3 is 0 Å². The van der Waals surface area contributed by atoms with Gasteiger partial charge in [-0.2, -0.15) is 0 Å². The summed E-state index contributed by atoms with van der Waals surface area (Å²) in [5.74, 6) is 1.87. The van der Waals surface area contributed by atoms with E-state index in [1.54, 1.807) is 0 Å². The zero-order valence-electron chi connectivity index (χ0n) is 14.9. The van der Waals surface area contributed by atoms with Gasteiger partial charge in [-0.3, -0.25) is 0 Å². The number of anilines is 1. The summed E-state index contributed by atoms with van der Waals surface area (Å²) in [6.07, 6.45) is 4.60.